The Morgan fingerprint density at radius 1 is 1.08 bits per heavy atom. The van der Waals surface area contributed by atoms with Gasteiger partial charge in [-0.2, -0.15) is 0 Å². The molecule has 6 atom stereocenters. The van der Waals surface area contributed by atoms with Gasteiger partial charge < -0.3 is 4.74 Å². The fourth-order valence-corrected chi connectivity index (χ4v) is 7.56. The molecular formula is C19H20O4S. The number of rotatable bonds is 5. The number of hydrogen-bond acceptors (Lipinski definition) is 4. The summed E-state index contributed by atoms with van der Waals surface area (Å²) in [6.07, 6.45) is 1.24. The van der Waals surface area contributed by atoms with Crippen molar-refractivity contribution in [2.24, 2.45) is 35.5 Å². The average molecular weight is 344 g/mol. The van der Waals surface area contributed by atoms with Gasteiger partial charge >= 0.3 is 5.97 Å². The van der Waals surface area contributed by atoms with Crippen LogP contribution in [0, 0.1) is 35.5 Å². The van der Waals surface area contributed by atoms with Gasteiger partial charge in [0.2, 0.25) is 0 Å². The molecule has 0 heterocycles. The molecule has 0 saturated heterocycles. The monoisotopic (exact) mass is 344 g/mol. The Balaban J connectivity index is 1.49. The van der Waals surface area contributed by atoms with E-state index in [2.05, 4.69) is 0 Å². The molecule has 24 heavy (non-hydrogen) atoms. The normalized spacial score (nSPS) is 37.9. The number of carbonyl (C=O) groups excluding carboxylic acids is 1. The minimum atomic E-state index is -3.35. The zero-order valence-corrected chi connectivity index (χ0v) is 14.3. The summed E-state index contributed by atoms with van der Waals surface area (Å²) in [5.41, 5.74) is 2.19. The van der Waals surface area contributed by atoms with E-state index in [1.807, 2.05) is 6.07 Å². The lowest BCUT2D eigenvalue weighted by Crippen LogP contribution is -2.19. The Morgan fingerprint density at radius 2 is 1.75 bits per heavy atom. The second-order valence-corrected chi connectivity index (χ2v) is 9.66. The van der Waals surface area contributed by atoms with Crippen LogP contribution in [0.4, 0.5) is 0 Å². The van der Waals surface area contributed by atoms with Gasteiger partial charge in [0.05, 0.1) is 10.6 Å². The van der Waals surface area contributed by atoms with Crippen LogP contribution in [-0.2, 0) is 19.4 Å². The lowest BCUT2D eigenvalue weighted by atomic mass is 9.93. The highest BCUT2D eigenvalue weighted by atomic mass is 32.2. The zero-order chi connectivity index (χ0) is 16.6. The lowest BCUT2D eigenvalue weighted by molar-refractivity contribution is -0.140. The summed E-state index contributed by atoms with van der Waals surface area (Å²) in [5, 5.41) is 0. The molecular weight excluding hydrogens is 324 g/mol. The maximum Gasteiger partial charge on any atom is 0.302 e. The van der Waals surface area contributed by atoms with Crippen molar-refractivity contribution in [1.82, 2.24) is 0 Å². The predicted octanol–water partition coefficient (Wildman–Crippen LogP) is 2.46. The van der Waals surface area contributed by atoms with Gasteiger partial charge in [0.25, 0.3) is 0 Å². The van der Waals surface area contributed by atoms with Crippen molar-refractivity contribution in [3.63, 3.8) is 0 Å². The third kappa shape index (κ3) is 1.85. The number of hydrogen-bond donors (Lipinski definition) is 0. The molecule has 4 saturated carbocycles. The Morgan fingerprint density at radius 3 is 2.38 bits per heavy atom. The zero-order valence-electron chi connectivity index (χ0n) is 13.5. The molecule has 1 aromatic carbocycles. The first-order valence-corrected chi connectivity index (χ1v) is 10.3. The molecule has 5 aliphatic rings. The van der Waals surface area contributed by atoms with Crippen molar-refractivity contribution >= 4 is 15.8 Å². The second-order valence-electron chi connectivity index (χ2n) is 7.67. The molecule has 6 bridgehead atoms. The van der Waals surface area contributed by atoms with Gasteiger partial charge in [0.1, 0.15) is 6.61 Å². The summed E-state index contributed by atoms with van der Waals surface area (Å²) in [6.45, 7) is 1.69. The van der Waals surface area contributed by atoms with E-state index >= 15 is 0 Å². The molecule has 0 radical (unpaired) electrons. The van der Waals surface area contributed by atoms with Crippen molar-refractivity contribution < 1.29 is 17.9 Å². The maximum absolute atomic E-state index is 12.8. The van der Waals surface area contributed by atoms with E-state index in [1.54, 1.807) is 24.3 Å². The minimum absolute atomic E-state index is 0.0845. The largest absolute Gasteiger partial charge is 0.461 e. The van der Waals surface area contributed by atoms with Crippen LogP contribution in [-0.4, -0.2) is 26.7 Å². The van der Waals surface area contributed by atoms with Crippen molar-refractivity contribution in [1.29, 1.82) is 0 Å². The number of esters is 1. The molecule has 0 aliphatic heterocycles. The third-order valence-electron chi connectivity index (χ3n) is 6.68. The van der Waals surface area contributed by atoms with Crippen LogP contribution in [0.1, 0.15) is 13.3 Å². The van der Waals surface area contributed by atoms with Crippen LogP contribution in [0.5, 0.6) is 0 Å². The Labute approximate surface area is 141 Å². The summed E-state index contributed by atoms with van der Waals surface area (Å²) in [7, 11) is -3.35. The topological polar surface area (TPSA) is 60.4 Å². The fourth-order valence-electron chi connectivity index (χ4n) is 6.04. The van der Waals surface area contributed by atoms with Gasteiger partial charge in [-0.15, -0.1) is 0 Å². The number of benzene rings is 1. The lowest BCUT2D eigenvalue weighted by Gasteiger charge is -2.19. The van der Waals surface area contributed by atoms with Crippen LogP contribution < -0.4 is 0 Å². The first-order chi connectivity index (χ1) is 11.5. The molecule has 6 unspecified atom stereocenters. The highest BCUT2D eigenvalue weighted by molar-refractivity contribution is 7.91. The van der Waals surface area contributed by atoms with Crippen LogP contribution in [0.2, 0.25) is 0 Å². The Bertz CT molecular complexity index is 855. The molecule has 5 aliphatic carbocycles. The first kappa shape index (κ1) is 14.7. The highest BCUT2D eigenvalue weighted by Gasteiger charge is 2.77. The van der Waals surface area contributed by atoms with Gasteiger partial charge in [-0.25, -0.2) is 8.42 Å². The van der Waals surface area contributed by atoms with Gasteiger partial charge in [-0.05, 0) is 65.2 Å². The molecule has 4 nitrogen and oxygen atoms in total. The summed E-state index contributed by atoms with van der Waals surface area (Å²) < 4.78 is 31.0. The second kappa shape index (κ2) is 4.72. The summed E-state index contributed by atoms with van der Waals surface area (Å²) in [5.74, 6) is 3.55. The number of sulfone groups is 1. The average Bonchev–Trinajstić information content (AvgIpc) is 2.88. The molecule has 5 heteroatoms. The number of ether oxygens (including phenoxy) is 1. The fraction of sp³-hybridized carbons (Fsp3) is 0.526. The van der Waals surface area contributed by atoms with E-state index in [4.69, 9.17) is 4.74 Å². The first-order valence-electron chi connectivity index (χ1n) is 8.62. The van der Waals surface area contributed by atoms with Crippen LogP contribution in [0.3, 0.4) is 0 Å². The summed E-state index contributed by atoms with van der Waals surface area (Å²) in [4.78, 5) is 11.6. The van der Waals surface area contributed by atoms with Crippen LogP contribution >= 0.6 is 0 Å². The van der Waals surface area contributed by atoms with E-state index in [0.29, 0.717) is 28.6 Å². The van der Waals surface area contributed by atoms with Crippen molar-refractivity contribution in [2.75, 3.05) is 12.4 Å². The quantitative estimate of drug-likeness (QED) is 0.608. The SMILES string of the molecule is CC(=O)OCC1=C(CS(=O)(=O)c2ccccc2)C2C3CC4C(C13)C42. The molecule has 0 amide bonds. The summed E-state index contributed by atoms with van der Waals surface area (Å²) >= 11 is 0. The van der Waals surface area contributed by atoms with Crippen molar-refractivity contribution in [3.8, 4) is 0 Å². The third-order valence-corrected chi connectivity index (χ3v) is 8.37. The minimum Gasteiger partial charge on any atom is -0.461 e. The molecule has 0 N–H and O–H groups in total. The van der Waals surface area contributed by atoms with Crippen molar-refractivity contribution in [2.45, 2.75) is 18.2 Å². The number of carbonyl (C=O) groups is 1. The van der Waals surface area contributed by atoms with E-state index in [9.17, 15) is 13.2 Å². The van der Waals surface area contributed by atoms with E-state index in [1.165, 1.54) is 13.3 Å². The molecule has 126 valence electrons. The molecule has 0 aromatic heterocycles. The Kier molecular flexibility index (Phi) is 2.89. The van der Waals surface area contributed by atoms with Gasteiger partial charge in [0, 0.05) is 6.92 Å². The molecule has 6 rings (SSSR count). The van der Waals surface area contributed by atoms with E-state index < -0.39 is 9.84 Å². The predicted molar refractivity (Wildman–Crippen MR) is 87.7 cm³/mol. The van der Waals surface area contributed by atoms with Crippen LogP contribution in [0.15, 0.2) is 46.4 Å². The van der Waals surface area contributed by atoms with Crippen molar-refractivity contribution in [3.05, 3.63) is 41.5 Å². The van der Waals surface area contributed by atoms with Gasteiger partial charge in [-0.3, -0.25) is 4.79 Å². The molecule has 0 spiro atoms. The summed E-state index contributed by atoms with van der Waals surface area (Å²) in [6, 6.07) is 8.67. The highest BCUT2D eigenvalue weighted by Crippen LogP contribution is 2.81. The smallest absolute Gasteiger partial charge is 0.302 e. The van der Waals surface area contributed by atoms with E-state index in [-0.39, 0.29) is 18.3 Å². The standard InChI is InChI=1S/C19H20O4S/c1-10(20)23-8-14-15(9-24(21,22)11-5-3-2-4-6-11)17-12-7-13-18(16(12)14)19(13)17/h2-6,12-13,16-19H,7-9H2,1H3. The van der Waals surface area contributed by atoms with Gasteiger partial charge in [-0.1, -0.05) is 18.2 Å². The maximum atomic E-state index is 12.8. The van der Waals surface area contributed by atoms with E-state index in [0.717, 1.165) is 23.0 Å². The van der Waals surface area contributed by atoms with Crippen LogP contribution in [0.25, 0.3) is 0 Å². The van der Waals surface area contributed by atoms with Gasteiger partial charge in [0.15, 0.2) is 9.84 Å². The Hall–Kier alpha value is -1.62. The molecule has 1 aromatic rings. The molecule has 4 fully saturated rings.